The molecule has 1 aliphatic rings. The maximum atomic E-state index is 12.4. The van der Waals surface area contributed by atoms with E-state index in [-0.39, 0.29) is 10.8 Å². The predicted octanol–water partition coefficient (Wildman–Crippen LogP) is 0.926. The summed E-state index contributed by atoms with van der Waals surface area (Å²) in [5.74, 6) is 0.273. The van der Waals surface area contributed by atoms with Crippen molar-refractivity contribution in [1.82, 2.24) is 4.31 Å². The molecule has 1 aromatic rings. The summed E-state index contributed by atoms with van der Waals surface area (Å²) in [6.45, 7) is 1.63. The van der Waals surface area contributed by atoms with Gasteiger partial charge in [0, 0.05) is 20.2 Å². The quantitative estimate of drug-likeness (QED) is 0.826. The largest absolute Gasteiger partial charge is 0.398 e. The second-order valence-corrected chi connectivity index (χ2v) is 6.42. The Morgan fingerprint density at radius 1 is 1.44 bits per heavy atom. The molecule has 1 atom stereocenters. The van der Waals surface area contributed by atoms with Gasteiger partial charge in [0.2, 0.25) is 10.0 Å². The summed E-state index contributed by atoms with van der Waals surface area (Å²) in [4.78, 5) is 0.197. The first-order valence-electron chi connectivity index (χ1n) is 5.89. The van der Waals surface area contributed by atoms with Crippen molar-refractivity contribution in [3.8, 4) is 0 Å². The monoisotopic (exact) mass is 270 g/mol. The van der Waals surface area contributed by atoms with Gasteiger partial charge < -0.3 is 10.5 Å². The highest BCUT2D eigenvalue weighted by Gasteiger charge is 2.33. The lowest BCUT2D eigenvalue weighted by Gasteiger charge is -2.17. The molecule has 6 heteroatoms. The fourth-order valence-electron chi connectivity index (χ4n) is 2.24. The normalized spacial score (nSPS) is 21.3. The fourth-order valence-corrected chi connectivity index (χ4v) is 3.89. The van der Waals surface area contributed by atoms with Gasteiger partial charge in [0.05, 0.1) is 12.3 Å². The SMILES string of the molecule is COCC1CCN(S(=O)(=O)c2ccccc2N)C1. The minimum Gasteiger partial charge on any atom is -0.398 e. The van der Waals surface area contributed by atoms with Crippen molar-refractivity contribution in [3.63, 3.8) is 0 Å². The molecule has 0 aromatic heterocycles. The number of para-hydroxylation sites is 1. The molecule has 2 rings (SSSR count). The van der Waals surface area contributed by atoms with Crippen LogP contribution in [0.25, 0.3) is 0 Å². The van der Waals surface area contributed by atoms with E-state index in [1.54, 1.807) is 31.4 Å². The fraction of sp³-hybridized carbons (Fsp3) is 0.500. The van der Waals surface area contributed by atoms with Gasteiger partial charge in [-0.05, 0) is 24.5 Å². The lowest BCUT2D eigenvalue weighted by atomic mass is 10.1. The third kappa shape index (κ3) is 2.50. The maximum absolute atomic E-state index is 12.4. The predicted molar refractivity (Wildman–Crippen MR) is 69.6 cm³/mol. The maximum Gasteiger partial charge on any atom is 0.245 e. The van der Waals surface area contributed by atoms with Crippen LogP contribution in [0.15, 0.2) is 29.2 Å². The molecule has 1 saturated heterocycles. The zero-order valence-electron chi connectivity index (χ0n) is 10.4. The van der Waals surface area contributed by atoms with Gasteiger partial charge in [-0.25, -0.2) is 8.42 Å². The minimum absolute atomic E-state index is 0.197. The summed E-state index contributed by atoms with van der Waals surface area (Å²) in [5.41, 5.74) is 6.04. The average molecular weight is 270 g/mol. The Hall–Kier alpha value is -1.11. The third-order valence-corrected chi connectivity index (χ3v) is 5.13. The van der Waals surface area contributed by atoms with Crippen LogP contribution in [-0.4, -0.2) is 39.5 Å². The Morgan fingerprint density at radius 2 is 2.17 bits per heavy atom. The molecule has 0 amide bonds. The molecule has 1 aliphatic heterocycles. The number of nitrogens with zero attached hydrogens (tertiary/aromatic N) is 1. The number of benzene rings is 1. The highest BCUT2D eigenvalue weighted by Crippen LogP contribution is 2.27. The van der Waals surface area contributed by atoms with Gasteiger partial charge in [-0.1, -0.05) is 12.1 Å². The number of nitrogen functional groups attached to an aromatic ring is 1. The van der Waals surface area contributed by atoms with Crippen molar-refractivity contribution in [1.29, 1.82) is 0 Å². The van der Waals surface area contributed by atoms with Gasteiger partial charge in [-0.3, -0.25) is 0 Å². The second-order valence-electron chi connectivity index (χ2n) is 4.51. The van der Waals surface area contributed by atoms with Gasteiger partial charge in [0.1, 0.15) is 4.90 Å². The summed E-state index contributed by atoms with van der Waals surface area (Å²) in [7, 11) is -1.84. The molecule has 100 valence electrons. The molecule has 1 unspecified atom stereocenters. The van der Waals surface area contributed by atoms with Crippen LogP contribution in [0.3, 0.4) is 0 Å². The Balaban J connectivity index is 2.21. The summed E-state index contributed by atoms with van der Waals surface area (Å²) in [5, 5.41) is 0. The number of anilines is 1. The Morgan fingerprint density at radius 3 is 2.83 bits per heavy atom. The number of hydrogen-bond acceptors (Lipinski definition) is 4. The van der Waals surface area contributed by atoms with E-state index in [9.17, 15) is 8.42 Å². The van der Waals surface area contributed by atoms with Crippen LogP contribution in [-0.2, 0) is 14.8 Å². The number of methoxy groups -OCH3 is 1. The van der Waals surface area contributed by atoms with Crippen LogP contribution in [0, 0.1) is 5.92 Å². The highest BCUT2D eigenvalue weighted by molar-refractivity contribution is 7.89. The van der Waals surface area contributed by atoms with Crippen molar-refractivity contribution in [2.24, 2.45) is 5.92 Å². The van der Waals surface area contributed by atoms with Crippen molar-refractivity contribution >= 4 is 15.7 Å². The summed E-state index contributed by atoms with van der Waals surface area (Å²) < 4.78 is 31.4. The average Bonchev–Trinajstić information content (AvgIpc) is 2.79. The zero-order chi connectivity index (χ0) is 13.2. The molecule has 2 N–H and O–H groups in total. The van der Waals surface area contributed by atoms with E-state index in [0.29, 0.717) is 25.4 Å². The molecule has 1 fully saturated rings. The van der Waals surface area contributed by atoms with Gasteiger partial charge in [0.25, 0.3) is 0 Å². The van der Waals surface area contributed by atoms with Crippen molar-refractivity contribution in [2.75, 3.05) is 32.5 Å². The lowest BCUT2D eigenvalue weighted by Crippen LogP contribution is -2.30. The van der Waals surface area contributed by atoms with E-state index >= 15 is 0 Å². The zero-order valence-corrected chi connectivity index (χ0v) is 11.2. The van der Waals surface area contributed by atoms with Gasteiger partial charge in [0.15, 0.2) is 0 Å². The summed E-state index contributed by atoms with van der Waals surface area (Å²) >= 11 is 0. The lowest BCUT2D eigenvalue weighted by molar-refractivity contribution is 0.157. The van der Waals surface area contributed by atoms with E-state index in [1.807, 2.05) is 0 Å². The van der Waals surface area contributed by atoms with Crippen LogP contribution in [0.4, 0.5) is 5.69 Å². The number of rotatable bonds is 4. The van der Waals surface area contributed by atoms with E-state index < -0.39 is 10.0 Å². The van der Waals surface area contributed by atoms with E-state index in [4.69, 9.17) is 10.5 Å². The molecule has 18 heavy (non-hydrogen) atoms. The molecule has 0 aliphatic carbocycles. The number of ether oxygens (including phenoxy) is 1. The van der Waals surface area contributed by atoms with Crippen molar-refractivity contribution in [2.45, 2.75) is 11.3 Å². The van der Waals surface area contributed by atoms with E-state index in [2.05, 4.69) is 0 Å². The Bertz CT molecular complexity index is 516. The molecule has 1 heterocycles. The molecular formula is C12H18N2O3S. The first kappa shape index (κ1) is 13.3. The topological polar surface area (TPSA) is 72.6 Å². The van der Waals surface area contributed by atoms with E-state index in [0.717, 1.165) is 6.42 Å². The highest BCUT2D eigenvalue weighted by atomic mass is 32.2. The minimum atomic E-state index is -3.47. The van der Waals surface area contributed by atoms with Crippen LogP contribution >= 0.6 is 0 Å². The number of nitrogens with two attached hydrogens (primary N) is 1. The first-order valence-corrected chi connectivity index (χ1v) is 7.33. The molecule has 1 aromatic carbocycles. The van der Waals surface area contributed by atoms with Crippen molar-refractivity contribution in [3.05, 3.63) is 24.3 Å². The van der Waals surface area contributed by atoms with Gasteiger partial charge >= 0.3 is 0 Å². The Kier molecular flexibility index (Phi) is 3.89. The summed E-state index contributed by atoms with van der Waals surface area (Å²) in [6.07, 6.45) is 0.833. The Labute approximate surface area is 108 Å². The van der Waals surface area contributed by atoms with Crippen molar-refractivity contribution < 1.29 is 13.2 Å². The van der Waals surface area contributed by atoms with Crippen LogP contribution < -0.4 is 5.73 Å². The van der Waals surface area contributed by atoms with Gasteiger partial charge in [-0.15, -0.1) is 0 Å². The number of sulfonamides is 1. The molecule has 0 spiro atoms. The summed E-state index contributed by atoms with van der Waals surface area (Å²) in [6, 6.07) is 6.57. The molecule has 5 nitrogen and oxygen atoms in total. The standard InChI is InChI=1S/C12H18N2O3S/c1-17-9-10-6-7-14(8-10)18(15,16)12-5-3-2-4-11(12)13/h2-5,10H,6-9,13H2,1H3. The van der Waals surface area contributed by atoms with Crippen LogP contribution in [0.1, 0.15) is 6.42 Å². The van der Waals surface area contributed by atoms with E-state index in [1.165, 1.54) is 4.31 Å². The van der Waals surface area contributed by atoms with Crippen LogP contribution in [0.5, 0.6) is 0 Å². The molecular weight excluding hydrogens is 252 g/mol. The van der Waals surface area contributed by atoms with Gasteiger partial charge in [-0.2, -0.15) is 4.31 Å². The molecule has 0 radical (unpaired) electrons. The molecule has 0 bridgehead atoms. The number of hydrogen-bond donors (Lipinski definition) is 1. The van der Waals surface area contributed by atoms with Crippen LogP contribution in [0.2, 0.25) is 0 Å². The third-order valence-electron chi connectivity index (χ3n) is 3.19. The smallest absolute Gasteiger partial charge is 0.245 e. The second kappa shape index (κ2) is 5.26. The molecule has 0 saturated carbocycles. The first-order chi connectivity index (χ1) is 8.55.